The molecule has 0 atom stereocenters. The number of carbonyl (C=O) groups excluding carboxylic acids is 1. The molecule has 0 saturated carbocycles. The molecular formula is C11H9BrClN3O. The quantitative estimate of drug-likeness (QED) is 0.818. The van der Waals surface area contributed by atoms with Gasteiger partial charge in [-0.2, -0.15) is 5.10 Å². The number of hydrogen-bond acceptors (Lipinski definition) is 3. The second kappa shape index (κ2) is 4.98. The Kier molecular flexibility index (Phi) is 3.59. The van der Waals surface area contributed by atoms with Gasteiger partial charge in [-0.15, -0.1) is 0 Å². The SMILES string of the molecule is Cn1ncnc1CC(=O)c1cc(Cl)cc(Br)c1. The molecule has 2 aromatic rings. The molecule has 0 fully saturated rings. The lowest BCUT2D eigenvalue weighted by molar-refractivity contribution is 0.0989. The normalized spacial score (nSPS) is 10.5. The maximum Gasteiger partial charge on any atom is 0.170 e. The maximum absolute atomic E-state index is 12.0. The van der Waals surface area contributed by atoms with Gasteiger partial charge in [0.2, 0.25) is 0 Å². The Morgan fingerprint density at radius 2 is 2.24 bits per heavy atom. The van der Waals surface area contributed by atoms with Crippen LogP contribution in [0, 0.1) is 0 Å². The van der Waals surface area contributed by atoms with E-state index in [4.69, 9.17) is 11.6 Å². The van der Waals surface area contributed by atoms with Crippen LogP contribution in [0.5, 0.6) is 0 Å². The summed E-state index contributed by atoms with van der Waals surface area (Å²) in [5.41, 5.74) is 0.562. The van der Waals surface area contributed by atoms with Crippen molar-refractivity contribution in [3.8, 4) is 0 Å². The topological polar surface area (TPSA) is 47.8 Å². The van der Waals surface area contributed by atoms with Crippen LogP contribution in [0.4, 0.5) is 0 Å². The molecule has 0 aliphatic carbocycles. The average molecular weight is 315 g/mol. The molecule has 88 valence electrons. The molecular weight excluding hydrogens is 305 g/mol. The third-order valence-corrected chi connectivity index (χ3v) is 2.98. The standard InChI is InChI=1S/C11H9BrClN3O/c1-16-11(14-6-15-16)5-10(17)7-2-8(12)4-9(13)3-7/h2-4,6H,5H2,1H3. The van der Waals surface area contributed by atoms with Gasteiger partial charge < -0.3 is 0 Å². The zero-order valence-corrected chi connectivity index (χ0v) is 11.4. The summed E-state index contributed by atoms with van der Waals surface area (Å²) in [7, 11) is 1.75. The van der Waals surface area contributed by atoms with E-state index in [1.165, 1.54) is 6.33 Å². The van der Waals surface area contributed by atoms with Crippen molar-refractivity contribution in [1.82, 2.24) is 14.8 Å². The molecule has 0 bridgehead atoms. The molecule has 1 aromatic carbocycles. The first kappa shape index (κ1) is 12.3. The maximum atomic E-state index is 12.0. The fourth-order valence-corrected chi connectivity index (χ4v) is 2.30. The van der Waals surface area contributed by atoms with Gasteiger partial charge in [0.25, 0.3) is 0 Å². The number of aryl methyl sites for hydroxylation is 1. The first-order valence-corrected chi connectivity index (χ1v) is 6.05. The lowest BCUT2D eigenvalue weighted by Gasteiger charge is -2.02. The van der Waals surface area contributed by atoms with E-state index in [2.05, 4.69) is 26.0 Å². The molecule has 6 heteroatoms. The molecule has 0 aliphatic rings. The summed E-state index contributed by atoms with van der Waals surface area (Å²) >= 11 is 9.20. The first-order chi connectivity index (χ1) is 8.06. The van der Waals surface area contributed by atoms with Crippen LogP contribution in [-0.4, -0.2) is 20.5 Å². The summed E-state index contributed by atoms with van der Waals surface area (Å²) in [6.45, 7) is 0. The van der Waals surface area contributed by atoms with Crippen LogP contribution >= 0.6 is 27.5 Å². The highest BCUT2D eigenvalue weighted by Gasteiger charge is 2.12. The van der Waals surface area contributed by atoms with Crippen LogP contribution in [0.2, 0.25) is 5.02 Å². The molecule has 17 heavy (non-hydrogen) atoms. The molecule has 0 N–H and O–H groups in total. The summed E-state index contributed by atoms with van der Waals surface area (Å²) in [6, 6.07) is 5.12. The first-order valence-electron chi connectivity index (χ1n) is 4.88. The van der Waals surface area contributed by atoms with Gasteiger partial charge in [-0.05, 0) is 18.2 Å². The number of rotatable bonds is 3. The zero-order chi connectivity index (χ0) is 12.4. The van der Waals surface area contributed by atoms with Crippen molar-refractivity contribution in [1.29, 1.82) is 0 Å². The second-order valence-corrected chi connectivity index (χ2v) is 4.91. The Balaban J connectivity index is 2.23. The van der Waals surface area contributed by atoms with Crippen LogP contribution in [-0.2, 0) is 13.5 Å². The Bertz CT molecular complexity index is 547. The van der Waals surface area contributed by atoms with Crippen molar-refractivity contribution in [2.45, 2.75) is 6.42 Å². The largest absolute Gasteiger partial charge is 0.294 e. The van der Waals surface area contributed by atoms with Gasteiger partial charge in [0, 0.05) is 22.1 Å². The number of nitrogens with zero attached hydrogens (tertiary/aromatic N) is 3. The van der Waals surface area contributed by atoms with Crippen LogP contribution in [0.15, 0.2) is 29.0 Å². The highest BCUT2D eigenvalue weighted by atomic mass is 79.9. The summed E-state index contributed by atoms with van der Waals surface area (Å²) in [5.74, 6) is 0.593. The van der Waals surface area contributed by atoms with Crippen molar-refractivity contribution >= 4 is 33.3 Å². The Morgan fingerprint density at radius 3 is 2.82 bits per heavy atom. The van der Waals surface area contributed by atoms with Crippen LogP contribution in [0.3, 0.4) is 0 Å². The van der Waals surface area contributed by atoms with Crippen molar-refractivity contribution in [3.63, 3.8) is 0 Å². The Labute approximate surface area is 112 Å². The molecule has 0 radical (unpaired) electrons. The zero-order valence-electron chi connectivity index (χ0n) is 9.02. The molecule has 1 aromatic heterocycles. The van der Waals surface area contributed by atoms with E-state index < -0.39 is 0 Å². The van der Waals surface area contributed by atoms with E-state index >= 15 is 0 Å². The van der Waals surface area contributed by atoms with Gasteiger partial charge in [0.05, 0.1) is 6.42 Å². The van der Waals surface area contributed by atoms with Crippen molar-refractivity contribution < 1.29 is 4.79 Å². The number of carbonyl (C=O) groups is 1. The Hall–Kier alpha value is -1.20. The van der Waals surface area contributed by atoms with Gasteiger partial charge in [0.15, 0.2) is 5.78 Å². The molecule has 0 saturated heterocycles. The number of benzene rings is 1. The predicted molar refractivity (Wildman–Crippen MR) is 68.2 cm³/mol. The van der Waals surface area contributed by atoms with Gasteiger partial charge in [-0.3, -0.25) is 9.48 Å². The van der Waals surface area contributed by atoms with Crippen molar-refractivity contribution in [2.75, 3.05) is 0 Å². The predicted octanol–water partition coefficient (Wildman–Crippen LogP) is 2.66. The fourth-order valence-electron chi connectivity index (χ4n) is 1.44. The number of Topliss-reactive ketones (excluding diaryl/α,β-unsaturated/α-hetero) is 1. The van der Waals surface area contributed by atoms with E-state index in [1.54, 1.807) is 29.9 Å². The molecule has 4 nitrogen and oxygen atoms in total. The highest BCUT2D eigenvalue weighted by molar-refractivity contribution is 9.10. The Morgan fingerprint density at radius 1 is 1.47 bits per heavy atom. The summed E-state index contributed by atoms with van der Waals surface area (Å²) < 4.78 is 2.36. The molecule has 0 spiro atoms. The van der Waals surface area contributed by atoms with E-state index in [0.717, 1.165) is 4.47 Å². The smallest absolute Gasteiger partial charge is 0.170 e. The minimum Gasteiger partial charge on any atom is -0.294 e. The van der Waals surface area contributed by atoms with E-state index in [1.807, 2.05) is 0 Å². The molecule has 1 heterocycles. The van der Waals surface area contributed by atoms with Gasteiger partial charge >= 0.3 is 0 Å². The number of hydrogen-bond donors (Lipinski definition) is 0. The molecule has 0 unspecified atom stereocenters. The minimum absolute atomic E-state index is 0.0377. The highest BCUT2D eigenvalue weighted by Crippen LogP contribution is 2.20. The monoisotopic (exact) mass is 313 g/mol. The molecule has 0 amide bonds. The van der Waals surface area contributed by atoms with E-state index in [-0.39, 0.29) is 12.2 Å². The van der Waals surface area contributed by atoms with Gasteiger partial charge in [-0.1, -0.05) is 27.5 Å². The number of halogens is 2. The average Bonchev–Trinajstić information content (AvgIpc) is 2.63. The van der Waals surface area contributed by atoms with E-state index in [0.29, 0.717) is 16.4 Å². The van der Waals surface area contributed by atoms with Gasteiger partial charge in [0.1, 0.15) is 12.2 Å². The van der Waals surface area contributed by atoms with Crippen molar-refractivity contribution in [2.24, 2.45) is 7.05 Å². The summed E-state index contributed by atoms with van der Waals surface area (Å²) in [6.07, 6.45) is 1.64. The lowest BCUT2D eigenvalue weighted by Crippen LogP contribution is -2.09. The van der Waals surface area contributed by atoms with Crippen LogP contribution < -0.4 is 0 Å². The third-order valence-electron chi connectivity index (χ3n) is 2.31. The van der Waals surface area contributed by atoms with E-state index in [9.17, 15) is 4.79 Å². The lowest BCUT2D eigenvalue weighted by atomic mass is 10.1. The van der Waals surface area contributed by atoms with Crippen LogP contribution in [0.25, 0.3) is 0 Å². The summed E-state index contributed by atoms with van der Waals surface area (Å²) in [5, 5.41) is 4.44. The number of ketones is 1. The summed E-state index contributed by atoms with van der Waals surface area (Å²) in [4.78, 5) is 16.0. The molecule has 0 aliphatic heterocycles. The minimum atomic E-state index is -0.0377. The molecule has 2 rings (SSSR count). The van der Waals surface area contributed by atoms with Crippen molar-refractivity contribution in [3.05, 3.63) is 45.4 Å². The third kappa shape index (κ3) is 2.92. The fraction of sp³-hybridized carbons (Fsp3) is 0.182. The van der Waals surface area contributed by atoms with Crippen LogP contribution in [0.1, 0.15) is 16.2 Å². The second-order valence-electron chi connectivity index (χ2n) is 3.56. The number of aromatic nitrogens is 3. The van der Waals surface area contributed by atoms with Gasteiger partial charge in [-0.25, -0.2) is 4.98 Å².